The third kappa shape index (κ3) is 4.06. The van der Waals surface area contributed by atoms with Gasteiger partial charge in [0.2, 0.25) is 0 Å². The van der Waals surface area contributed by atoms with Crippen LogP contribution >= 0.6 is 0 Å². The van der Waals surface area contributed by atoms with Crippen molar-refractivity contribution in [3.8, 4) is 0 Å². The highest BCUT2D eigenvalue weighted by molar-refractivity contribution is 5.52. The van der Waals surface area contributed by atoms with Crippen LogP contribution in [0.25, 0.3) is 0 Å². The highest BCUT2D eigenvalue weighted by Gasteiger charge is 2.37. The predicted molar refractivity (Wildman–Crippen MR) is 120 cm³/mol. The van der Waals surface area contributed by atoms with Gasteiger partial charge in [0.25, 0.3) is 0 Å². The normalized spacial score (nSPS) is 18.6. The summed E-state index contributed by atoms with van der Waals surface area (Å²) in [6, 6.07) is 33.1. The van der Waals surface area contributed by atoms with Crippen molar-refractivity contribution in [3.05, 3.63) is 96.6 Å². The topological polar surface area (TPSA) is 6.48 Å². The highest BCUT2D eigenvalue weighted by Crippen LogP contribution is 2.36. The number of rotatable bonds is 5. The molecule has 0 spiro atoms. The molecule has 0 N–H and O–H groups in total. The van der Waals surface area contributed by atoms with Gasteiger partial charge in [-0.25, -0.2) is 0 Å². The summed E-state index contributed by atoms with van der Waals surface area (Å²) in [7, 11) is 0. The molecule has 1 heterocycles. The summed E-state index contributed by atoms with van der Waals surface area (Å²) in [5.41, 5.74) is 4.14. The quantitative estimate of drug-likeness (QED) is 0.532. The molecule has 0 saturated carbocycles. The lowest BCUT2D eigenvalue weighted by Crippen LogP contribution is -2.55. The van der Waals surface area contributed by atoms with Crippen molar-refractivity contribution in [2.45, 2.75) is 44.8 Å². The lowest BCUT2D eigenvalue weighted by Gasteiger charge is -2.50. The summed E-state index contributed by atoms with van der Waals surface area (Å²) in [6.45, 7) is 6.81. The minimum atomic E-state index is 0.119. The van der Waals surface area contributed by atoms with E-state index in [4.69, 9.17) is 0 Å². The van der Waals surface area contributed by atoms with Crippen LogP contribution < -0.4 is 9.80 Å². The first-order valence-electron chi connectivity index (χ1n) is 10.3. The van der Waals surface area contributed by atoms with Crippen molar-refractivity contribution < 1.29 is 0 Å². The fraction of sp³-hybridized carbons (Fsp3) is 0.308. The van der Waals surface area contributed by atoms with Crippen LogP contribution in [0.5, 0.6) is 0 Å². The molecule has 1 aliphatic rings. The molecule has 144 valence electrons. The van der Waals surface area contributed by atoms with Gasteiger partial charge < -0.3 is 9.80 Å². The van der Waals surface area contributed by atoms with Gasteiger partial charge in [-0.15, -0.1) is 0 Å². The number of nitrogens with zero attached hydrogens (tertiary/aromatic N) is 2. The molecule has 0 aliphatic carbocycles. The zero-order chi connectivity index (χ0) is 19.4. The molecule has 0 radical (unpaired) electrons. The average molecular weight is 371 g/mol. The standard InChI is InChI=1S/C26H30N2/c1-26(2)20-25(18-19-28(26)24-16-10-5-11-17-24)27(23-14-8-4-9-15-23)21-22-12-6-3-7-13-22/h3-17,25H,18-21H2,1-2H3/t25-/m0/s1. The summed E-state index contributed by atoms with van der Waals surface area (Å²) in [4.78, 5) is 5.19. The summed E-state index contributed by atoms with van der Waals surface area (Å²) < 4.78 is 0. The summed E-state index contributed by atoms with van der Waals surface area (Å²) in [5, 5.41) is 0. The van der Waals surface area contributed by atoms with Gasteiger partial charge in [-0.1, -0.05) is 66.7 Å². The Kier molecular flexibility index (Phi) is 5.38. The molecular weight excluding hydrogens is 340 g/mol. The van der Waals surface area contributed by atoms with Crippen molar-refractivity contribution >= 4 is 11.4 Å². The Labute approximate surface area is 169 Å². The van der Waals surface area contributed by atoms with Crippen LogP contribution in [0.4, 0.5) is 11.4 Å². The second-order valence-corrected chi connectivity index (χ2v) is 8.40. The van der Waals surface area contributed by atoms with E-state index >= 15 is 0 Å². The van der Waals surface area contributed by atoms with Gasteiger partial charge in [0, 0.05) is 36.0 Å². The molecule has 3 aromatic rings. The van der Waals surface area contributed by atoms with Crippen LogP contribution in [0.15, 0.2) is 91.0 Å². The largest absolute Gasteiger partial charge is 0.366 e. The Bertz CT molecular complexity index is 859. The van der Waals surface area contributed by atoms with E-state index in [1.807, 2.05) is 0 Å². The summed E-state index contributed by atoms with van der Waals surface area (Å²) >= 11 is 0. The van der Waals surface area contributed by atoms with Gasteiger partial charge in [-0.05, 0) is 56.5 Å². The molecule has 0 bridgehead atoms. The Morgan fingerprint density at radius 2 is 1.39 bits per heavy atom. The minimum Gasteiger partial charge on any atom is -0.366 e. The van der Waals surface area contributed by atoms with Gasteiger partial charge >= 0.3 is 0 Å². The van der Waals surface area contributed by atoms with Crippen molar-refractivity contribution in [1.29, 1.82) is 0 Å². The van der Waals surface area contributed by atoms with E-state index in [-0.39, 0.29) is 5.54 Å². The fourth-order valence-electron chi connectivity index (χ4n) is 4.55. The number of piperidine rings is 1. The van der Waals surface area contributed by atoms with Crippen LogP contribution in [0.1, 0.15) is 32.3 Å². The number of hydrogen-bond acceptors (Lipinski definition) is 2. The molecule has 3 aromatic carbocycles. The molecule has 1 aliphatic heterocycles. The average Bonchev–Trinajstić information content (AvgIpc) is 2.73. The second-order valence-electron chi connectivity index (χ2n) is 8.40. The summed E-state index contributed by atoms with van der Waals surface area (Å²) in [6.07, 6.45) is 2.31. The number of para-hydroxylation sites is 2. The van der Waals surface area contributed by atoms with Crippen LogP contribution in [-0.2, 0) is 6.54 Å². The lowest BCUT2D eigenvalue weighted by molar-refractivity contribution is 0.314. The van der Waals surface area contributed by atoms with Crippen molar-refractivity contribution in [2.24, 2.45) is 0 Å². The zero-order valence-electron chi connectivity index (χ0n) is 17.0. The zero-order valence-corrected chi connectivity index (χ0v) is 17.0. The molecule has 0 aromatic heterocycles. The molecule has 4 rings (SSSR count). The SMILES string of the molecule is CC1(C)C[C@@H](N(Cc2ccccc2)c2ccccc2)CCN1c1ccccc1. The maximum atomic E-state index is 2.61. The Morgan fingerprint density at radius 3 is 2.00 bits per heavy atom. The van der Waals surface area contributed by atoms with Crippen molar-refractivity contribution in [1.82, 2.24) is 0 Å². The molecule has 1 atom stereocenters. The van der Waals surface area contributed by atoms with Gasteiger partial charge in [-0.3, -0.25) is 0 Å². The fourth-order valence-corrected chi connectivity index (χ4v) is 4.55. The first-order valence-corrected chi connectivity index (χ1v) is 10.3. The summed E-state index contributed by atoms with van der Waals surface area (Å²) in [5.74, 6) is 0. The second kappa shape index (κ2) is 8.10. The van der Waals surface area contributed by atoms with Crippen LogP contribution in [0.2, 0.25) is 0 Å². The first-order chi connectivity index (χ1) is 13.6. The Morgan fingerprint density at radius 1 is 0.821 bits per heavy atom. The molecular formula is C26H30N2. The van der Waals surface area contributed by atoms with E-state index in [2.05, 4.69) is 115 Å². The van der Waals surface area contributed by atoms with E-state index in [0.717, 1.165) is 19.5 Å². The van der Waals surface area contributed by atoms with Gasteiger partial charge in [-0.2, -0.15) is 0 Å². The highest BCUT2D eigenvalue weighted by atomic mass is 15.2. The van der Waals surface area contributed by atoms with E-state index in [0.29, 0.717) is 6.04 Å². The maximum absolute atomic E-state index is 2.61. The molecule has 0 unspecified atom stereocenters. The minimum absolute atomic E-state index is 0.119. The van der Waals surface area contributed by atoms with E-state index in [9.17, 15) is 0 Å². The predicted octanol–water partition coefficient (Wildman–Crippen LogP) is 6.14. The van der Waals surface area contributed by atoms with Crippen molar-refractivity contribution in [2.75, 3.05) is 16.3 Å². The number of hydrogen-bond donors (Lipinski definition) is 0. The molecule has 1 fully saturated rings. The van der Waals surface area contributed by atoms with Crippen molar-refractivity contribution in [3.63, 3.8) is 0 Å². The maximum Gasteiger partial charge on any atom is 0.0432 e. The van der Waals surface area contributed by atoms with Gasteiger partial charge in [0.15, 0.2) is 0 Å². The van der Waals surface area contributed by atoms with Crippen LogP contribution in [0, 0.1) is 0 Å². The first kappa shape index (κ1) is 18.6. The van der Waals surface area contributed by atoms with E-state index in [1.165, 1.54) is 23.4 Å². The smallest absolute Gasteiger partial charge is 0.0432 e. The van der Waals surface area contributed by atoms with Gasteiger partial charge in [0.1, 0.15) is 0 Å². The third-order valence-corrected chi connectivity index (χ3v) is 5.94. The molecule has 2 heteroatoms. The third-order valence-electron chi connectivity index (χ3n) is 5.94. The van der Waals surface area contributed by atoms with E-state index < -0.39 is 0 Å². The lowest BCUT2D eigenvalue weighted by atomic mass is 9.85. The Balaban J connectivity index is 1.59. The Hall–Kier alpha value is -2.74. The monoisotopic (exact) mass is 370 g/mol. The number of benzene rings is 3. The number of anilines is 2. The van der Waals surface area contributed by atoms with E-state index in [1.54, 1.807) is 0 Å². The molecule has 0 amide bonds. The van der Waals surface area contributed by atoms with Gasteiger partial charge in [0.05, 0.1) is 0 Å². The molecule has 1 saturated heterocycles. The van der Waals surface area contributed by atoms with Crippen LogP contribution in [0.3, 0.4) is 0 Å². The van der Waals surface area contributed by atoms with Crippen LogP contribution in [-0.4, -0.2) is 18.1 Å². The molecule has 2 nitrogen and oxygen atoms in total. The molecule has 28 heavy (non-hydrogen) atoms.